The van der Waals surface area contributed by atoms with Crippen molar-refractivity contribution in [3.8, 4) is 0 Å². The molecule has 3 heterocycles. The number of hydrogen-bond donors (Lipinski definition) is 0. The maximum atomic E-state index is 5.86. The van der Waals surface area contributed by atoms with Crippen LogP contribution in [0.1, 0.15) is 5.82 Å². The molecule has 0 aliphatic heterocycles. The summed E-state index contributed by atoms with van der Waals surface area (Å²) < 4.78 is 4.80. The Morgan fingerprint density at radius 1 is 1.30 bits per heavy atom. The molecule has 0 N–H and O–H groups in total. The number of fused-ring (bicyclic) bond motifs is 1. The molecule has 3 aromatic heterocycles. The van der Waals surface area contributed by atoms with Crippen molar-refractivity contribution >= 4 is 38.7 Å². The lowest BCUT2D eigenvalue weighted by Gasteiger charge is -2.07. The Kier molecular flexibility index (Phi) is 3.98. The fraction of sp³-hybridized carbons (Fsp3) is 0.333. The maximum Gasteiger partial charge on any atom is 0.160 e. The van der Waals surface area contributed by atoms with Gasteiger partial charge in [-0.25, -0.2) is 9.97 Å². The first-order valence-corrected chi connectivity index (χ1v) is 7.51. The number of hydrogen-bond acceptors (Lipinski definition) is 4. The molecule has 20 heavy (non-hydrogen) atoms. The number of alkyl halides is 1. The van der Waals surface area contributed by atoms with Crippen LogP contribution in [0.5, 0.6) is 0 Å². The zero-order valence-corrected chi connectivity index (χ0v) is 12.9. The number of imidazole rings is 1. The highest BCUT2D eigenvalue weighted by Gasteiger charge is 2.12. The second-order valence-corrected chi connectivity index (χ2v) is 5.57. The van der Waals surface area contributed by atoms with E-state index in [0.717, 1.165) is 34.6 Å². The second-order valence-electron chi connectivity index (χ2n) is 4.28. The van der Waals surface area contributed by atoms with Crippen molar-refractivity contribution in [2.75, 3.05) is 5.88 Å². The van der Waals surface area contributed by atoms with Crippen molar-refractivity contribution in [1.82, 2.24) is 29.5 Å². The maximum absolute atomic E-state index is 5.86. The SMILES string of the molecule is ClCCc1nc2cc(Br)cnc2n1CCn1ccnn1. The van der Waals surface area contributed by atoms with E-state index in [-0.39, 0.29) is 0 Å². The van der Waals surface area contributed by atoms with E-state index in [9.17, 15) is 0 Å². The second kappa shape index (κ2) is 5.88. The number of nitrogens with zero attached hydrogens (tertiary/aromatic N) is 6. The molecule has 0 saturated carbocycles. The van der Waals surface area contributed by atoms with Crippen LogP contribution in [0, 0.1) is 0 Å². The first-order chi connectivity index (χ1) is 9.78. The van der Waals surface area contributed by atoms with Gasteiger partial charge < -0.3 is 4.57 Å². The van der Waals surface area contributed by atoms with E-state index in [4.69, 9.17) is 11.6 Å². The summed E-state index contributed by atoms with van der Waals surface area (Å²) in [5.74, 6) is 1.48. The van der Waals surface area contributed by atoms with E-state index < -0.39 is 0 Å². The molecule has 6 nitrogen and oxygen atoms in total. The van der Waals surface area contributed by atoms with Gasteiger partial charge in [-0.2, -0.15) is 0 Å². The topological polar surface area (TPSA) is 61.4 Å². The molecule has 0 aromatic carbocycles. The molecule has 0 spiro atoms. The van der Waals surface area contributed by atoms with Crippen molar-refractivity contribution in [2.45, 2.75) is 19.5 Å². The summed E-state index contributed by atoms with van der Waals surface area (Å²) in [6.45, 7) is 1.46. The molecule has 0 fully saturated rings. The van der Waals surface area contributed by atoms with Crippen LogP contribution in [0.4, 0.5) is 0 Å². The van der Waals surface area contributed by atoms with Crippen molar-refractivity contribution in [2.24, 2.45) is 0 Å². The Balaban J connectivity index is 1.95. The van der Waals surface area contributed by atoms with Gasteiger partial charge >= 0.3 is 0 Å². The highest BCUT2D eigenvalue weighted by Crippen LogP contribution is 2.19. The van der Waals surface area contributed by atoms with Gasteiger partial charge in [0.25, 0.3) is 0 Å². The summed E-state index contributed by atoms with van der Waals surface area (Å²) in [6.07, 6.45) is 6.00. The molecule has 0 aliphatic carbocycles. The largest absolute Gasteiger partial charge is 0.311 e. The molecular weight excluding hydrogens is 344 g/mol. The third-order valence-corrected chi connectivity index (χ3v) is 3.60. The monoisotopic (exact) mass is 354 g/mol. The Morgan fingerprint density at radius 3 is 2.95 bits per heavy atom. The normalized spacial score (nSPS) is 11.3. The van der Waals surface area contributed by atoms with Crippen LogP contribution in [0.15, 0.2) is 29.1 Å². The zero-order chi connectivity index (χ0) is 13.9. The summed E-state index contributed by atoms with van der Waals surface area (Å²) in [5, 5.41) is 7.76. The summed E-state index contributed by atoms with van der Waals surface area (Å²) >= 11 is 9.27. The van der Waals surface area contributed by atoms with Crippen LogP contribution in [0.25, 0.3) is 11.2 Å². The van der Waals surface area contributed by atoms with Crippen molar-refractivity contribution in [3.05, 3.63) is 35.0 Å². The molecule has 8 heteroatoms. The number of halogens is 2. The average molecular weight is 356 g/mol. The third kappa shape index (κ3) is 2.69. The van der Waals surface area contributed by atoms with Crippen molar-refractivity contribution in [1.29, 1.82) is 0 Å². The lowest BCUT2D eigenvalue weighted by molar-refractivity contribution is 0.515. The quantitative estimate of drug-likeness (QED) is 0.659. The number of rotatable bonds is 5. The van der Waals surface area contributed by atoms with Gasteiger partial charge in [0.2, 0.25) is 0 Å². The van der Waals surface area contributed by atoms with Crippen LogP contribution in [0.2, 0.25) is 0 Å². The van der Waals surface area contributed by atoms with Crippen LogP contribution in [0.3, 0.4) is 0 Å². The Labute approximate surface area is 128 Å². The van der Waals surface area contributed by atoms with Crippen LogP contribution in [-0.4, -0.2) is 35.4 Å². The van der Waals surface area contributed by atoms with Gasteiger partial charge in [-0.1, -0.05) is 5.21 Å². The van der Waals surface area contributed by atoms with E-state index in [2.05, 4.69) is 40.8 Å². The molecule has 3 rings (SSSR count). The van der Waals surface area contributed by atoms with E-state index >= 15 is 0 Å². The lowest BCUT2D eigenvalue weighted by atomic mass is 10.4. The summed E-state index contributed by atoms with van der Waals surface area (Å²) in [4.78, 5) is 9.05. The first-order valence-electron chi connectivity index (χ1n) is 6.18. The Morgan fingerprint density at radius 2 is 2.20 bits per heavy atom. The Hall–Kier alpha value is -1.47. The molecular formula is C12H12BrClN6. The number of aromatic nitrogens is 6. The number of pyridine rings is 1. The summed E-state index contributed by atoms with van der Waals surface area (Å²) in [5.41, 5.74) is 1.74. The highest BCUT2D eigenvalue weighted by atomic mass is 79.9. The van der Waals surface area contributed by atoms with Gasteiger partial charge in [-0.05, 0) is 22.0 Å². The minimum absolute atomic E-state index is 0.536. The molecule has 0 bridgehead atoms. The molecule has 0 amide bonds. The molecule has 0 atom stereocenters. The minimum Gasteiger partial charge on any atom is -0.311 e. The first kappa shape index (κ1) is 13.5. The van der Waals surface area contributed by atoms with Crippen molar-refractivity contribution in [3.63, 3.8) is 0 Å². The summed E-state index contributed by atoms with van der Waals surface area (Å²) in [6, 6.07) is 1.96. The van der Waals surface area contributed by atoms with E-state index in [0.29, 0.717) is 12.3 Å². The van der Waals surface area contributed by atoms with Gasteiger partial charge in [0.15, 0.2) is 5.65 Å². The van der Waals surface area contributed by atoms with Gasteiger partial charge in [0.1, 0.15) is 11.3 Å². The zero-order valence-electron chi connectivity index (χ0n) is 10.6. The average Bonchev–Trinajstić information content (AvgIpc) is 3.04. The highest BCUT2D eigenvalue weighted by molar-refractivity contribution is 9.10. The molecule has 0 unspecified atom stereocenters. The van der Waals surface area contributed by atoms with E-state index in [1.54, 1.807) is 17.1 Å². The number of aryl methyl sites for hydroxylation is 3. The summed E-state index contributed by atoms with van der Waals surface area (Å²) in [7, 11) is 0. The molecule has 0 radical (unpaired) electrons. The molecule has 0 saturated heterocycles. The van der Waals surface area contributed by atoms with E-state index in [1.165, 1.54) is 0 Å². The standard InChI is InChI=1S/C12H12BrClN6/c13-9-7-10-12(15-8-9)20(11(17-10)1-2-14)6-5-19-4-3-16-18-19/h3-4,7-8H,1-2,5-6H2. The molecule has 3 aromatic rings. The lowest BCUT2D eigenvalue weighted by Crippen LogP contribution is -2.11. The predicted molar refractivity (Wildman–Crippen MR) is 79.7 cm³/mol. The van der Waals surface area contributed by atoms with E-state index in [1.807, 2.05) is 12.3 Å². The smallest absolute Gasteiger partial charge is 0.160 e. The van der Waals surface area contributed by atoms with Gasteiger partial charge in [0.05, 0.1) is 12.7 Å². The van der Waals surface area contributed by atoms with Crippen LogP contribution >= 0.6 is 27.5 Å². The van der Waals surface area contributed by atoms with Gasteiger partial charge in [-0.3, -0.25) is 4.68 Å². The third-order valence-electron chi connectivity index (χ3n) is 2.97. The van der Waals surface area contributed by atoms with Gasteiger partial charge in [-0.15, -0.1) is 16.7 Å². The van der Waals surface area contributed by atoms with Crippen LogP contribution < -0.4 is 0 Å². The van der Waals surface area contributed by atoms with Crippen LogP contribution in [-0.2, 0) is 19.5 Å². The molecule has 104 valence electrons. The molecule has 0 aliphatic rings. The van der Waals surface area contributed by atoms with Crippen molar-refractivity contribution < 1.29 is 0 Å². The fourth-order valence-corrected chi connectivity index (χ4v) is 2.59. The Bertz CT molecular complexity index is 708. The predicted octanol–water partition coefficient (Wildman–Crippen LogP) is 2.27. The fourth-order valence-electron chi connectivity index (χ4n) is 2.10. The minimum atomic E-state index is 0.536. The van der Waals surface area contributed by atoms with Gasteiger partial charge in [0, 0.05) is 35.7 Å².